The molecule has 0 amide bonds. The molecule has 0 unspecified atom stereocenters. The Morgan fingerprint density at radius 2 is 1.95 bits per heavy atom. The van der Waals surface area contributed by atoms with Gasteiger partial charge in [0.25, 0.3) is 0 Å². The van der Waals surface area contributed by atoms with Crippen LogP contribution in [0.15, 0.2) is 24.5 Å². The van der Waals surface area contributed by atoms with Gasteiger partial charge in [-0.05, 0) is 18.6 Å². The van der Waals surface area contributed by atoms with Crippen molar-refractivity contribution in [1.29, 1.82) is 5.26 Å². The highest BCUT2D eigenvalue weighted by atomic mass is 19.2. The summed E-state index contributed by atoms with van der Waals surface area (Å²) in [5.74, 6) is -2.56. The standard InChI is InChI=1S/C24H26F3N7O5/c1-37-24-18(6-13-8-33(31-29-13)17-4-5-38-11-15(17)25)39-19(10-35)23(36)22(24)34-9-16(30-32-34)14-3-2-12(7-28)20(26)21(14)27/h2-3,8-9,15,17-19,22-24,35-36H,4-6,10-11H2,1H3/t15-,17-,18+,19+,22-,23-,24-/m0/s1. The molecule has 0 aliphatic carbocycles. The Morgan fingerprint density at radius 1 is 1.15 bits per heavy atom. The average Bonchev–Trinajstić information content (AvgIpc) is 3.61. The van der Waals surface area contributed by atoms with E-state index in [0.717, 1.165) is 6.07 Å². The number of methoxy groups -OCH3 is 1. The van der Waals surface area contributed by atoms with Crippen molar-refractivity contribution in [1.82, 2.24) is 30.0 Å². The lowest BCUT2D eigenvalue weighted by Crippen LogP contribution is -2.57. The zero-order valence-electron chi connectivity index (χ0n) is 20.8. The summed E-state index contributed by atoms with van der Waals surface area (Å²) in [6, 6.07) is 2.46. The minimum absolute atomic E-state index is 0.0198. The first-order valence-electron chi connectivity index (χ1n) is 12.3. The molecule has 2 aromatic heterocycles. The molecule has 39 heavy (non-hydrogen) atoms. The van der Waals surface area contributed by atoms with E-state index in [1.165, 1.54) is 28.7 Å². The van der Waals surface area contributed by atoms with Crippen molar-refractivity contribution in [3.8, 4) is 17.3 Å². The monoisotopic (exact) mass is 549 g/mol. The molecule has 2 fully saturated rings. The molecule has 4 heterocycles. The van der Waals surface area contributed by atoms with Crippen molar-refractivity contribution < 1.29 is 37.6 Å². The third kappa shape index (κ3) is 5.13. The molecule has 1 aromatic carbocycles. The van der Waals surface area contributed by atoms with E-state index in [4.69, 9.17) is 19.5 Å². The Morgan fingerprint density at radius 3 is 2.67 bits per heavy atom. The molecule has 2 saturated heterocycles. The maximum atomic E-state index is 14.6. The smallest absolute Gasteiger partial charge is 0.177 e. The maximum absolute atomic E-state index is 14.6. The molecule has 208 valence electrons. The number of ether oxygens (including phenoxy) is 3. The van der Waals surface area contributed by atoms with E-state index in [9.17, 15) is 23.4 Å². The minimum atomic E-state index is -1.31. The summed E-state index contributed by atoms with van der Waals surface area (Å²) >= 11 is 0. The molecule has 3 aromatic rings. The van der Waals surface area contributed by atoms with E-state index in [1.54, 1.807) is 12.3 Å². The minimum Gasteiger partial charge on any atom is -0.394 e. The Bertz CT molecular complexity index is 1350. The van der Waals surface area contributed by atoms with Gasteiger partial charge in [0.2, 0.25) is 0 Å². The first-order valence-corrected chi connectivity index (χ1v) is 12.3. The SMILES string of the molecule is CO[C@@H]1[C@@H](n2cc(-c3ccc(C#N)c(F)c3F)nn2)[C@@H](O)[C@@H](CO)O[C@@H]1Cc1cn([C@H]2CCOC[C@@H]2F)nn1. The summed E-state index contributed by atoms with van der Waals surface area (Å²) in [4.78, 5) is 0. The molecule has 15 heteroatoms. The maximum Gasteiger partial charge on any atom is 0.177 e. The number of nitriles is 1. The Labute approximate surface area is 220 Å². The van der Waals surface area contributed by atoms with Crippen LogP contribution in [0, 0.1) is 23.0 Å². The molecule has 0 bridgehead atoms. The molecule has 2 aliphatic heterocycles. The van der Waals surface area contributed by atoms with Crippen LogP contribution in [0.4, 0.5) is 13.2 Å². The number of halogens is 3. The molecule has 2 N–H and O–H groups in total. The van der Waals surface area contributed by atoms with Gasteiger partial charge in [-0.2, -0.15) is 5.26 Å². The Hall–Kier alpha value is -3.42. The van der Waals surface area contributed by atoms with Crippen molar-refractivity contribution in [2.75, 3.05) is 26.9 Å². The first kappa shape index (κ1) is 27.2. The van der Waals surface area contributed by atoms with Gasteiger partial charge in [0, 0.05) is 31.9 Å². The highest BCUT2D eigenvalue weighted by molar-refractivity contribution is 5.60. The van der Waals surface area contributed by atoms with E-state index in [1.807, 2.05) is 0 Å². The van der Waals surface area contributed by atoms with Gasteiger partial charge in [-0.15, -0.1) is 10.2 Å². The topological polar surface area (TPSA) is 153 Å². The van der Waals surface area contributed by atoms with E-state index in [0.29, 0.717) is 18.7 Å². The molecule has 5 rings (SSSR count). The van der Waals surface area contributed by atoms with Crippen LogP contribution >= 0.6 is 0 Å². The average molecular weight is 550 g/mol. The predicted octanol–water partition coefficient (Wildman–Crippen LogP) is 0.905. The van der Waals surface area contributed by atoms with Crippen molar-refractivity contribution in [3.63, 3.8) is 0 Å². The number of aromatic nitrogens is 6. The van der Waals surface area contributed by atoms with Crippen LogP contribution in [-0.4, -0.2) is 97.7 Å². The van der Waals surface area contributed by atoms with E-state index < -0.39 is 66.5 Å². The van der Waals surface area contributed by atoms with Crippen LogP contribution in [0.1, 0.15) is 29.8 Å². The fourth-order valence-corrected chi connectivity index (χ4v) is 5.07. The van der Waals surface area contributed by atoms with Gasteiger partial charge in [0.05, 0.1) is 42.8 Å². The van der Waals surface area contributed by atoms with Crippen LogP contribution < -0.4 is 0 Å². The second kappa shape index (κ2) is 11.4. The summed E-state index contributed by atoms with van der Waals surface area (Å²) in [6.45, 7) is -0.137. The second-order valence-electron chi connectivity index (χ2n) is 9.40. The second-order valence-corrected chi connectivity index (χ2v) is 9.40. The molecule has 0 radical (unpaired) electrons. The van der Waals surface area contributed by atoms with Crippen LogP contribution in [0.5, 0.6) is 0 Å². The van der Waals surface area contributed by atoms with Crippen molar-refractivity contribution in [2.45, 2.75) is 55.5 Å². The van der Waals surface area contributed by atoms with Gasteiger partial charge in [0.1, 0.15) is 42.3 Å². The predicted molar refractivity (Wildman–Crippen MR) is 125 cm³/mol. The number of aliphatic hydroxyl groups excluding tert-OH is 2. The third-order valence-corrected chi connectivity index (χ3v) is 7.09. The number of alkyl halides is 1. The Balaban J connectivity index is 1.41. The van der Waals surface area contributed by atoms with Gasteiger partial charge in [-0.3, -0.25) is 0 Å². The van der Waals surface area contributed by atoms with Gasteiger partial charge in [-0.25, -0.2) is 22.5 Å². The number of benzene rings is 1. The zero-order valence-corrected chi connectivity index (χ0v) is 20.8. The van der Waals surface area contributed by atoms with Gasteiger partial charge in [-0.1, -0.05) is 10.4 Å². The molecular formula is C24H26F3N7O5. The van der Waals surface area contributed by atoms with E-state index in [-0.39, 0.29) is 24.3 Å². The first-order chi connectivity index (χ1) is 18.9. The summed E-state index contributed by atoms with van der Waals surface area (Å²) in [7, 11) is 1.40. The number of nitrogens with zero attached hydrogens (tertiary/aromatic N) is 7. The highest BCUT2D eigenvalue weighted by Crippen LogP contribution is 2.34. The van der Waals surface area contributed by atoms with Gasteiger partial charge >= 0.3 is 0 Å². The summed E-state index contributed by atoms with van der Waals surface area (Å²) in [5.41, 5.74) is -0.240. The fraction of sp³-hybridized carbons (Fsp3) is 0.542. The highest BCUT2D eigenvalue weighted by Gasteiger charge is 2.47. The third-order valence-electron chi connectivity index (χ3n) is 7.09. The number of rotatable bonds is 7. The molecule has 0 spiro atoms. The summed E-state index contributed by atoms with van der Waals surface area (Å²) in [6.07, 6.45) is -1.64. The lowest BCUT2D eigenvalue weighted by atomic mass is 9.90. The van der Waals surface area contributed by atoms with Crippen LogP contribution in [-0.2, 0) is 20.6 Å². The van der Waals surface area contributed by atoms with Crippen LogP contribution in [0.2, 0.25) is 0 Å². The van der Waals surface area contributed by atoms with Gasteiger partial charge < -0.3 is 24.4 Å². The van der Waals surface area contributed by atoms with Crippen LogP contribution in [0.3, 0.4) is 0 Å². The van der Waals surface area contributed by atoms with Crippen molar-refractivity contribution in [2.24, 2.45) is 0 Å². The normalized spacial score (nSPS) is 29.3. The zero-order chi connectivity index (χ0) is 27.7. The molecule has 0 saturated carbocycles. The van der Waals surface area contributed by atoms with E-state index in [2.05, 4.69) is 20.6 Å². The van der Waals surface area contributed by atoms with Crippen molar-refractivity contribution in [3.05, 3.63) is 47.4 Å². The van der Waals surface area contributed by atoms with E-state index >= 15 is 0 Å². The largest absolute Gasteiger partial charge is 0.394 e. The van der Waals surface area contributed by atoms with Gasteiger partial charge in [0.15, 0.2) is 11.6 Å². The summed E-state index contributed by atoms with van der Waals surface area (Å²) < 4.78 is 62.6. The fourth-order valence-electron chi connectivity index (χ4n) is 5.07. The lowest BCUT2D eigenvalue weighted by Gasteiger charge is -2.43. The lowest BCUT2D eigenvalue weighted by molar-refractivity contribution is -0.212. The van der Waals surface area contributed by atoms with Crippen molar-refractivity contribution >= 4 is 0 Å². The number of hydrogen-bond donors (Lipinski definition) is 2. The number of aliphatic hydroxyl groups is 2. The molecule has 2 aliphatic rings. The molecule has 12 nitrogen and oxygen atoms in total. The Kier molecular flexibility index (Phi) is 7.91. The quantitative estimate of drug-likeness (QED) is 0.435. The van der Waals surface area contributed by atoms with Crippen LogP contribution in [0.25, 0.3) is 11.3 Å². The molecular weight excluding hydrogens is 523 g/mol. The molecule has 7 atom stereocenters. The summed E-state index contributed by atoms with van der Waals surface area (Å²) in [5, 5.41) is 46.0. The number of hydrogen-bond acceptors (Lipinski definition) is 10.